The van der Waals surface area contributed by atoms with Gasteiger partial charge in [-0.05, 0) is 51.7 Å². The predicted octanol–water partition coefficient (Wildman–Crippen LogP) is 1.79. The number of sulfonamides is 1. The molecule has 2 atom stereocenters. The zero-order chi connectivity index (χ0) is 24.0. The Labute approximate surface area is 190 Å². The Balaban J connectivity index is 1.64. The molecule has 4 rings (SSSR count). The van der Waals surface area contributed by atoms with Crippen LogP contribution >= 0.6 is 0 Å². The molecule has 0 unspecified atom stereocenters. The van der Waals surface area contributed by atoms with Gasteiger partial charge in [-0.2, -0.15) is 18.9 Å². The van der Waals surface area contributed by atoms with Gasteiger partial charge in [0, 0.05) is 30.7 Å². The highest BCUT2D eigenvalue weighted by Gasteiger charge is 2.40. The molecule has 0 radical (unpaired) electrons. The van der Waals surface area contributed by atoms with Crippen LogP contribution in [0.4, 0.5) is 10.3 Å². The van der Waals surface area contributed by atoms with Gasteiger partial charge in [0.15, 0.2) is 0 Å². The van der Waals surface area contributed by atoms with E-state index in [-0.39, 0.29) is 30.6 Å². The van der Waals surface area contributed by atoms with Gasteiger partial charge in [-0.1, -0.05) is 0 Å². The minimum atomic E-state index is -4.14. The van der Waals surface area contributed by atoms with Gasteiger partial charge in [0.1, 0.15) is 17.3 Å². The number of piperidine rings is 1. The molecule has 0 amide bonds. The summed E-state index contributed by atoms with van der Waals surface area (Å²) < 4.78 is 39.5. The zero-order valence-corrected chi connectivity index (χ0v) is 19.0. The van der Waals surface area contributed by atoms with Crippen LogP contribution in [0, 0.1) is 11.3 Å². The van der Waals surface area contributed by atoms with Crippen LogP contribution in [-0.4, -0.2) is 57.1 Å². The number of nitrogens with one attached hydrogen (secondary N) is 1. The average Bonchev–Trinajstić information content (AvgIpc) is 3.12. The van der Waals surface area contributed by atoms with Crippen molar-refractivity contribution >= 4 is 27.0 Å². The van der Waals surface area contributed by atoms with Crippen LogP contribution in [0.15, 0.2) is 28.8 Å². The van der Waals surface area contributed by atoms with E-state index in [4.69, 9.17) is 0 Å². The molecule has 0 aromatic carbocycles. The molecule has 2 N–H and O–H groups in total. The lowest BCUT2D eigenvalue weighted by Crippen LogP contribution is -2.42. The van der Waals surface area contributed by atoms with Crippen molar-refractivity contribution in [1.82, 2.24) is 18.8 Å². The summed E-state index contributed by atoms with van der Waals surface area (Å²) in [5.74, 6) is 0.245. The normalized spacial score (nSPS) is 24.6. The Hall–Kier alpha value is -2.88. The van der Waals surface area contributed by atoms with Gasteiger partial charge in [-0.25, -0.2) is 13.4 Å². The maximum absolute atomic E-state index is 13.2. The number of pyridine rings is 1. The number of fused-ring (bicyclic) bond motifs is 1. The lowest BCUT2D eigenvalue weighted by Gasteiger charge is -2.31. The lowest BCUT2D eigenvalue weighted by molar-refractivity contribution is 0.0266. The summed E-state index contributed by atoms with van der Waals surface area (Å²) in [5, 5.41) is 22.5. The molecular formula is C21H25FN6O4S. The lowest BCUT2D eigenvalue weighted by atomic mass is 9.99. The first kappa shape index (κ1) is 23.3. The number of aliphatic hydroxyl groups is 1. The zero-order valence-electron chi connectivity index (χ0n) is 18.2. The smallest absolute Gasteiger partial charge is 0.270 e. The fraction of sp³-hybridized carbons (Fsp3) is 0.524. The highest BCUT2D eigenvalue weighted by atomic mass is 32.2. The summed E-state index contributed by atoms with van der Waals surface area (Å²) in [6.45, 7) is 4.81. The van der Waals surface area contributed by atoms with Crippen molar-refractivity contribution in [3.63, 3.8) is 0 Å². The molecule has 1 saturated carbocycles. The molecule has 33 heavy (non-hydrogen) atoms. The van der Waals surface area contributed by atoms with Gasteiger partial charge in [-0.15, -0.1) is 0 Å². The van der Waals surface area contributed by atoms with E-state index in [1.807, 2.05) is 6.07 Å². The number of halogens is 1. The van der Waals surface area contributed by atoms with Crippen molar-refractivity contribution in [1.29, 1.82) is 5.26 Å². The van der Waals surface area contributed by atoms with Gasteiger partial charge in [0.05, 0.1) is 11.6 Å². The minimum absolute atomic E-state index is 0.0439. The van der Waals surface area contributed by atoms with Crippen LogP contribution < -0.4 is 10.9 Å². The van der Waals surface area contributed by atoms with Crippen molar-refractivity contribution in [2.75, 3.05) is 18.4 Å². The van der Waals surface area contributed by atoms with Gasteiger partial charge < -0.3 is 10.4 Å². The molecule has 10 nitrogen and oxygen atoms in total. The van der Waals surface area contributed by atoms with Gasteiger partial charge in [0.25, 0.3) is 15.6 Å². The highest BCUT2D eigenvalue weighted by Crippen LogP contribution is 2.39. The summed E-state index contributed by atoms with van der Waals surface area (Å²) in [5.41, 5.74) is -1.34. The number of aromatic nitrogens is 3. The molecule has 2 fully saturated rings. The first-order valence-corrected chi connectivity index (χ1v) is 12.1. The summed E-state index contributed by atoms with van der Waals surface area (Å²) >= 11 is 0. The molecule has 2 aromatic rings. The summed E-state index contributed by atoms with van der Waals surface area (Å²) in [6.07, 6.45) is 4.18. The molecule has 2 aliphatic rings. The van der Waals surface area contributed by atoms with E-state index in [9.17, 15) is 28.0 Å². The van der Waals surface area contributed by atoms with E-state index in [2.05, 4.69) is 21.9 Å². The van der Waals surface area contributed by atoms with Gasteiger partial charge in [-0.3, -0.25) is 9.36 Å². The van der Waals surface area contributed by atoms with E-state index in [0.717, 1.165) is 10.7 Å². The van der Waals surface area contributed by atoms with Crippen molar-refractivity contribution in [3.8, 4) is 6.07 Å². The molecule has 0 bridgehead atoms. The van der Waals surface area contributed by atoms with E-state index < -0.39 is 32.4 Å². The van der Waals surface area contributed by atoms with Gasteiger partial charge in [0.2, 0.25) is 11.1 Å². The number of rotatable bonds is 5. The van der Waals surface area contributed by atoms with Crippen molar-refractivity contribution in [2.24, 2.45) is 0 Å². The monoisotopic (exact) mass is 476 g/mol. The van der Waals surface area contributed by atoms with Crippen LogP contribution in [0.2, 0.25) is 0 Å². The number of nitriles is 1. The maximum Gasteiger partial charge on any atom is 0.270 e. The number of nitrogens with zero attached hydrogens (tertiary/aromatic N) is 5. The molecule has 1 saturated heterocycles. The fourth-order valence-corrected chi connectivity index (χ4v) is 5.63. The predicted molar refractivity (Wildman–Crippen MR) is 119 cm³/mol. The van der Waals surface area contributed by atoms with Crippen LogP contribution in [0.3, 0.4) is 0 Å². The maximum atomic E-state index is 13.2. The molecule has 176 valence electrons. The number of hydrogen-bond acceptors (Lipinski definition) is 8. The average molecular weight is 477 g/mol. The second-order valence-electron chi connectivity index (χ2n) is 8.76. The number of hydrogen-bond donors (Lipinski definition) is 2. The Morgan fingerprint density at radius 1 is 1.39 bits per heavy atom. The quantitative estimate of drug-likeness (QED) is 0.665. The summed E-state index contributed by atoms with van der Waals surface area (Å²) in [4.78, 5) is 21.8. The molecule has 3 heterocycles. The topological polar surface area (TPSA) is 141 Å². The molecule has 12 heteroatoms. The van der Waals surface area contributed by atoms with E-state index >= 15 is 0 Å². The number of anilines is 1. The van der Waals surface area contributed by atoms with Crippen molar-refractivity contribution in [2.45, 2.75) is 56.7 Å². The van der Waals surface area contributed by atoms with Crippen LogP contribution in [0.1, 0.15) is 50.6 Å². The fourth-order valence-electron chi connectivity index (χ4n) is 4.66. The summed E-state index contributed by atoms with van der Waals surface area (Å²) in [6, 6.07) is 2.67. The SMILES string of the molecule is C=C(F)S(=O)(=O)N1CCC(Nc2ncc3cc(C#N)c(=O)n([C@@H]4CCC[C@@]4(C)O)c3n2)CC1. The van der Waals surface area contributed by atoms with Crippen LogP contribution in [0.5, 0.6) is 0 Å². The molecular weight excluding hydrogens is 451 g/mol. The second-order valence-corrected chi connectivity index (χ2v) is 10.7. The third kappa shape index (κ3) is 4.23. The van der Waals surface area contributed by atoms with Crippen molar-refractivity contribution < 1.29 is 17.9 Å². The van der Waals surface area contributed by atoms with E-state index in [1.165, 1.54) is 16.8 Å². The third-order valence-corrected chi connectivity index (χ3v) is 8.10. The standard InChI is InChI=1S/C21H25FN6O4S/c1-13(22)33(31,32)27-8-5-16(6-9-27)25-20-24-12-15-10-14(11-23)19(29)28(18(15)26-20)17-4-3-7-21(17,2)30/h10,12,16-17,30H,1,3-9H2,2H3,(H,24,25,26)/t17-,21-/m1/s1. The Morgan fingerprint density at radius 2 is 2.09 bits per heavy atom. The largest absolute Gasteiger partial charge is 0.388 e. The van der Waals surface area contributed by atoms with Crippen LogP contribution in [0.25, 0.3) is 11.0 Å². The summed E-state index contributed by atoms with van der Waals surface area (Å²) in [7, 11) is -4.14. The van der Waals surface area contributed by atoms with E-state index in [0.29, 0.717) is 36.7 Å². The molecule has 2 aromatic heterocycles. The first-order valence-electron chi connectivity index (χ1n) is 10.7. The van der Waals surface area contributed by atoms with E-state index in [1.54, 1.807) is 6.92 Å². The van der Waals surface area contributed by atoms with Crippen molar-refractivity contribution in [3.05, 3.63) is 39.9 Å². The minimum Gasteiger partial charge on any atom is -0.388 e. The molecule has 0 spiro atoms. The molecule has 1 aliphatic carbocycles. The Morgan fingerprint density at radius 3 is 2.67 bits per heavy atom. The Bertz CT molecular complexity index is 1310. The van der Waals surface area contributed by atoms with Crippen LogP contribution in [-0.2, 0) is 10.0 Å². The third-order valence-electron chi connectivity index (χ3n) is 6.49. The first-order chi connectivity index (χ1) is 15.5. The van der Waals surface area contributed by atoms with Gasteiger partial charge >= 0.3 is 0 Å². The molecule has 1 aliphatic heterocycles. The second kappa shape index (κ2) is 8.48. The highest BCUT2D eigenvalue weighted by molar-refractivity contribution is 7.92. The Kier molecular flexibility index (Phi) is 5.98.